The number of rotatable bonds is 8. The van der Waals surface area contributed by atoms with E-state index in [4.69, 9.17) is 4.74 Å². The standard InChI is InChI=1S/C14H14N4O3.2ClH/c19-9-15-13-1-5-17(6-2-13)11-21-12-18-7-3-14(4-8-18)16-10-20;;/h1-10H,11-12H2;2*1H. The first kappa shape index (κ1) is 20.8. The van der Waals surface area contributed by atoms with Crippen molar-refractivity contribution in [2.75, 3.05) is 10.6 Å². The minimum Gasteiger partial charge on any atom is -1.00 e. The summed E-state index contributed by atoms with van der Waals surface area (Å²) in [6.45, 7) is 0.783. The smallest absolute Gasteiger partial charge is 0.257 e. The van der Waals surface area contributed by atoms with Crippen molar-refractivity contribution < 1.29 is 48.3 Å². The Morgan fingerprint density at radius 2 is 1.13 bits per heavy atom. The summed E-state index contributed by atoms with van der Waals surface area (Å²) in [4.78, 5) is 20.6. The van der Waals surface area contributed by atoms with Crippen LogP contribution in [0.2, 0.25) is 0 Å². The van der Waals surface area contributed by atoms with E-state index in [2.05, 4.69) is 10.6 Å². The Labute approximate surface area is 146 Å². The zero-order valence-corrected chi connectivity index (χ0v) is 13.6. The monoisotopic (exact) mass is 358 g/mol. The van der Waals surface area contributed by atoms with E-state index in [1.807, 2.05) is 33.9 Å². The largest absolute Gasteiger partial charge is 1.00 e. The Bertz CT molecular complexity index is 540. The van der Waals surface area contributed by atoms with Gasteiger partial charge in [-0.25, -0.2) is 0 Å². The van der Waals surface area contributed by atoms with Crippen LogP contribution in [0.3, 0.4) is 0 Å². The Kier molecular flexibility index (Phi) is 10.3. The number of ether oxygens (including phenoxy) is 1. The van der Waals surface area contributed by atoms with Crippen molar-refractivity contribution in [1.82, 2.24) is 0 Å². The van der Waals surface area contributed by atoms with E-state index in [0.29, 0.717) is 26.3 Å². The molecule has 0 atom stereocenters. The summed E-state index contributed by atoms with van der Waals surface area (Å²) in [5.41, 5.74) is 1.46. The molecule has 2 aromatic heterocycles. The molecular formula is C14H16Cl2N4O3. The predicted molar refractivity (Wildman–Crippen MR) is 73.7 cm³/mol. The molecule has 0 radical (unpaired) electrons. The maximum absolute atomic E-state index is 10.3. The van der Waals surface area contributed by atoms with Gasteiger partial charge in [0.1, 0.15) is 0 Å². The lowest BCUT2D eigenvalue weighted by Crippen LogP contribution is -3.00. The average Bonchev–Trinajstić information content (AvgIpc) is 2.51. The van der Waals surface area contributed by atoms with Crippen molar-refractivity contribution in [2.24, 2.45) is 0 Å². The fourth-order valence-corrected chi connectivity index (χ4v) is 1.67. The Morgan fingerprint density at radius 1 is 0.783 bits per heavy atom. The number of hydrogen-bond donors (Lipinski definition) is 2. The van der Waals surface area contributed by atoms with Gasteiger partial charge in [-0.1, -0.05) is 0 Å². The van der Waals surface area contributed by atoms with Crippen LogP contribution >= 0.6 is 0 Å². The molecule has 0 fully saturated rings. The third-order valence-electron chi connectivity index (χ3n) is 2.71. The topological polar surface area (TPSA) is 75.2 Å². The van der Waals surface area contributed by atoms with Crippen LogP contribution in [0.5, 0.6) is 0 Å². The van der Waals surface area contributed by atoms with Gasteiger partial charge in [0, 0.05) is 24.3 Å². The molecule has 0 spiro atoms. The molecule has 0 aromatic carbocycles. The molecule has 23 heavy (non-hydrogen) atoms. The Hall–Kier alpha value is -2.22. The SMILES string of the molecule is O=CNc1cc[n+](COC[n+]2ccc(NC=O)cc2)cc1.[Cl-].[Cl-]. The van der Waals surface area contributed by atoms with Gasteiger partial charge in [-0.05, 0) is 0 Å². The van der Waals surface area contributed by atoms with Gasteiger partial charge in [0.2, 0.25) is 12.8 Å². The molecule has 0 aliphatic rings. The van der Waals surface area contributed by atoms with Crippen molar-refractivity contribution in [2.45, 2.75) is 13.5 Å². The van der Waals surface area contributed by atoms with Gasteiger partial charge in [0.25, 0.3) is 13.5 Å². The molecule has 2 N–H and O–H groups in total. The van der Waals surface area contributed by atoms with Crippen LogP contribution in [-0.2, 0) is 27.8 Å². The molecule has 124 valence electrons. The first-order valence-corrected chi connectivity index (χ1v) is 6.28. The summed E-state index contributed by atoms with van der Waals surface area (Å²) in [7, 11) is 0. The number of carbonyl (C=O) groups is 2. The van der Waals surface area contributed by atoms with Crippen molar-refractivity contribution >= 4 is 24.2 Å². The van der Waals surface area contributed by atoms with Crippen molar-refractivity contribution in [3.63, 3.8) is 0 Å². The number of hydrogen-bond acceptors (Lipinski definition) is 3. The van der Waals surface area contributed by atoms with Crippen molar-refractivity contribution in [3.05, 3.63) is 49.1 Å². The Morgan fingerprint density at radius 3 is 1.43 bits per heavy atom. The quantitative estimate of drug-likeness (QED) is 0.364. The third kappa shape index (κ3) is 7.05. The van der Waals surface area contributed by atoms with Crippen LogP contribution in [-0.4, -0.2) is 12.8 Å². The fraction of sp³-hybridized carbons (Fsp3) is 0.143. The van der Waals surface area contributed by atoms with E-state index < -0.39 is 0 Å². The normalized spacial score (nSPS) is 9.04. The van der Waals surface area contributed by atoms with Gasteiger partial charge < -0.3 is 35.4 Å². The molecule has 0 saturated carbocycles. The molecule has 0 aliphatic carbocycles. The summed E-state index contributed by atoms with van der Waals surface area (Å²) in [6, 6.07) is 7.13. The van der Waals surface area contributed by atoms with Gasteiger partial charge in [0.15, 0.2) is 24.8 Å². The van der Waals surface area contributed by atoms with Crippen LogP contribution < -0.4 is 44.6 Å². The number of anilines is 2. The lowest BCUT2D eigenvalue weighted by atomic mass is 10.4. The number of halogens is 2. The highest BCUT2D eigenvalue weighted by Gasteiger charge is 2.04. The van der Waals surface area contributed by atoms with Gasteiger partial charge >= 0.3 is 0 Å². The molecule has 9 heteroatoms. The van der Waals surface area contributed by atoms with Crippen molar-refractivity contribution in [3.8, 4) is 0 Å². The third-order valence-corrected chi connectivity index (χ3v) is 2.71. The summed E-state index contributed by atoms with van der Waals surface area (Å²) < 4.78 is 9.24. The summed E-state index contributed by atoms with van der Waals surface area (Å²) in [5.74, 6) is 0. The Balaban J connectivity index is 0.00000242. The molecule has 2 amide bonds. The van der Waals surface area contributed by atoms with E-state index >= 15 is 0 Å². The molecule has 0 saturated heterocycles. The summed E-state index contributed by atoms with van der Waals surface area (Å²) >= 11 is 0. The molecular weight excluding hydrogens is 343 g/mol. The van der Waals surface area contributed by atoms with Crippen LogP contribution in [0.15, 0.2) is 49.1 Å². The number of pyridine rings is 2. The fourth-order valence-electron chi connectivity index (χ4n) is 1.67. The van der Waals surface area contributed by atoms with Gasteiger partial charge in [-0.15, -0.1) is 0 Å². The second-order valence-corrected chi connectivity index (χ2v) is 4.19. The van der Waals surface area contributed by atoms with E-state index in [-0.39, 0.29) is 24.8 Å². The highest BCUT2D eigenvalue weighted by atomic mass is 35.5. The van der Waals surface area contributed by atoms with E-state index in [1.54, 1.807) is 24.3 Å². The molecule has 0 bridgehead atoms. The van der Waals surface area contributed by atoms with Gasteiger partial charge in [0.05, 0.1) is 11.4 Å². The highest BCUT2D eigenvalue weighted by Crippen LogP contribution is 2.01. The average molecular weight is 359 g/mol. The van der Waals surface area contributed by atoms with Crippen LogP contribution in [0.1, 0.15) is 0 Å². The number of nitrogens with zero attached hydrogens (tertiary/aromatic N) is 2. The van der Waals surface area contributed by atoms with Crippen LogP contribution in [0.25, 0.3) is 0 Å². The second-order valence-electron chi connectivity index (χ2n) is 4.19. The lowest BCUT2D eigenvalue weighted by Gasteiger charge is -2.00. The van der Waals surface area contributed by atoms with E-state index in [1.165, 1.54) is 0 Å². The zero-order valence-electron chi connectivity index (χ0n) is 12.1. The van der Waals surface area contributed by atoms with Gasteiger partial charge in [-0.2, -0.15) is 9.13 Å². The molecule has 2 rings (SSSR count). The first-order chi connectivity index (χ1) is 10.3. The molecule has 2 heterocycles. The summed E-state index contributed by atoms with van der Waals surface area (Å²) in [5, 5.41) is 5.13. The number of nitrogens with one attached hydrogen (secondary N) is 2. The first-order valence-electron chi connectivity index (χ1n) is 6.28. The highest BCUT2D eigenvalue weighted by molar-refractivity contribution is 5.70. The number of aromatic nitrogens is 2. The summed E-state index contributed by atoms with van der Waals surface area (Å²) in [6.07, 6.45) is 8.52. The van der Waals surface area contributed by atoms with Crippen molar-refractivity contribution in [1.29, 1.82) is 0 Å². The number of amides is 2. The molecule has 0 unspecified atom stereocenters. The van der Waals surface area contributed by atoms with E-state index in [9.17, 15) is 9.59 Å². The zero-order chi connectivity index (χ0) is 14.9. The maximum atomic E-state index is 10.3. The molecule has 2 aromatic rings. The minimum absolute atomic E-state index is 0. The van der Waals surface area contributed by atoms with Crippen LogP contribution in [0, 0.1) is 0 Å². The minimum atomic E-state index is 0. The van der Waals surface area contributed by atoms with Gasteiger partial charge in [-0.3, -0.25) is 14.3 Å². The lowest BCUT2D eigenvalue weighted by molar-refractivity contribution is -0.788. The maximum Gasteiger partial charge on any atom is 0.257 e. The predicted octanol–water partition coefficient (Wildman–Crippen LogP) is -5.96. The van der Waals surface area contributed by atoms with Crippen LogP contribution in [0.4, 0.5) is 11.4 Å². The number of carbonyl (C=O) groups excluding carboxylic acids is 2. The molecule has 0 aliphatic heterocycles. The van der Waals surface area contributed by atoms with E-state index in [0.717, 1.165) is 11.4 Å². The molecule has 7 nitrogen and oxygen atoms in total. The second kappa shape index (κ2) is 11.4.